The van der Waals surface area contributed by atoms with Gasteiger partial charge in [0.25, 0.3) is 0 Å². The maximum absolute atomic E-state index is 3.67. The Labute approximate surface area is 102 Å². The van der Waals surface area contributed by atoms with Crippen LogP contribution in [-0.2, 0) is 0 Å². The zero-order chi connectivity index (χ0) is 12.2. The molecule has 0 aliphatic heterocycles. The highest BCUT2D eigenvalue weighted by Gasteiger charge is 2.24. The summed E-state index contributed by atoms with van der Waals surface area (Å²) in [5.41, 5.74) is 0.283. The topological polar surface area (TPSA) is 15.3 Å². The molecule has 1 aliphatic carbocycles. The Balaban J connectivity index is 2.30. The summed E-state index contributed by atoms with van der Waals surface area (Å²) >= 11 is 0. The van der Waals surface area contributed by atoms with Crippen LogP contribution in [0.25, 0.3) is 0 Å². The summed E-state index contributed by atoms with van der Waals surface area (Å²) < 4.78 is 0. The van der Waals surface area contributed by atoms with E-state index in [1.807, 2.05) is 0 Å². The summed E-state index contributed by atoms with van der Waals surface area (Å²) in [5, 5.41) is 3.67. The minimum absolute atomic E-state index is 0.283. The second kappa shape index (κ2) is 6.02. The third-order valence-electron chi connectivity index (χ3n) is 4.36. The van der Waals surface area contributed by atoms with Crippen LogP contribution in [0.4, 0.5) is 0 Å². The summed E-state index contributed by atoms with van der Waals surface area (Å²) in [7, 11) is 2.29. The molecule has 0 aromatic carbocycles. The lowest BCUT2D eigenvalue weighted by Gasteiger charge is -2.34. The zero-order valence-electron chi connectivity index (χ0n) is 11.8. The molecular formula is C14H30N2. The van der Waals surface area contributed by atoms with Crippen molar-refractivity contribution in [2.45, 2.75) is 77.4 Å². The van der Waals surface area contributed by atoms with Gasteiger partial charge in [0, 0.05) is 24.2 Å². The standard InChI is InChI=1S/C14H30N2/c1-6-14(3,4)15-11-12(2)16(5)13-9-7-8-10-13/h12-13,15H,6-11H2,1-5H3. The monoisotopic (exact) mass is 226 g/mol. The molecule has 2 nitrogen and oxygen atoms in total. The van der Waals surface area contributed by atoms with E-state index in [1.165, 1.54) is 32.1 Å². The third-order valence-corrected chi connectivity index (χ3v) is 4.36. The van der Waals surface area contributed by atoms with Gasteiger partial charge in [0.05, 0.1) is 0 Å². The Hall–Kier alpha value is -0.0800. The molecule has 1 fully saturated rings. The van der Waals surface area contributed by atoms with E-state index in [0.717, 1.165) is 12.6 Å². The van der Waals surface area contributed by atoms with E-state index in [2.05, 4.69) is 45.0 Å². The van der Waals surface area contributed by atoms with E-state index in [4.69, 9.17) is 0 Å². The van der Waals surface area contributed by atoms with Gasteiger partial charge in [-0.15, -0.1) is 0 Å². The molecule has 0 aromatic heterocycles. The molecule has 1 rings (SSSR count). The Morgan fingerprint density at radius 3 is 2.38 bits per heavy atom. The van der Waals surface area contributed by atoms with Crippen LogP contribution in [0.2, 0.25) is 0 Å². The Bertz CT molecular complexity index is 195. The van der Waals surface area contributed by atoms with E-state index in [1.54, 1.807) is 0 Å². The van der Waals surface area contributed by atoms with Crippen molar-refractivity contribution in [1.29, 1.82) is 0 Å². The highest BCUT2D eigenvalue weighted by atomic mass is 15.2. The van der Waals surface area contributed by atoms with Crippen LogP contribution in [0.15, 0.2) is 0 Å². The number of nitrogens with one attached hydrogen (secondary N) is 1. The van der Waals surface area contributed by atoms with E-state index in [9.17, 15) is 0 Å². The first-order chi connectivity index (χ1) is 7.46. The molecule has 0 spiro atoms. The summed E-state index contributed by atoms with van der Waals surface area (Å²) in [4.78, 5) is 2.58. The lowest BCUT2D eigenvalue weighted by molar-refractivity contribution is 0.172. The van der Waals surface area contributed by atoms with Gasteiger partial charge in [-0.2, -0.15) is 0 Å². The molecule has 0 saturated heterocycles. The Kier molecular flexibility index (Phi) is 5.26. The second-order valence-electron chi connectivity index (χ2n) is 6.07. The molecule has 1 saturated carbocycles. The third kappa shape index (κ3) is 4.06. The van der Waals surface area contributed by atoms with Crippen LogP contribution in [0.5, 0.6) is 0 Å². The summed E-state index contributed by atoms with van der Waals surface area (Å²) in [6.07, 6.45) is 6.84. The Morgan fingerprint density at radius 2 is 1.88 bits per heavy atom. The fourth-order valence-corrected chi connectivity index (χ4v) is 2.36. The van der Waals surface area contributed by atoms with Crippen molar-refractivity contribution >= 4 is 0 Å². The van der Waals surface area contributed by atoms with Crippen LogP contribution in [0.3, 0.4) is 0 Å². The number of rotatable bonds is 6. The molecule has 0 radical (unpaired) electrons. The molecule has 0 aromatic rings. The molecular weight excluding hydrogens is 196 g/mol. The predicted molar refractivity (Wildman–Crippen MR) is 71.9 cm³/mol. The lowest BCUT2D eigenvalue weighted by atomic mass is 10.0. The van der Waals surface area contributed by atoms with Gasteiger partial charge in [-0.3, -0.25) is 4.90 Å². The van der Waals surface area contributed by atoms with Gasteiger partial charge >= 0.3 is 0 Å². The second-order valence-corrected chi connectivity index (χ2v) is 6.07. The van der Waals surface area contributed by atoms with Crippen molar-refractivity contribution in [1.82, 2.24) is 10.2 Å². The normalized spacial score (nSPS) is 20.6. The highest BCUT2D eigenvalue weighted by molar-refractivity contribution is 4.82. The first kappa shape index (κ1) is 14.0. The molecule has 96 valence electrons. The molecule has 1 atom stereocenters. The van der Waals surface area contributed by atoms with Crippen LogP contribution >= 0.6 is 0 Å². The molecule has 0 amide bonds. The molecule has 2 heteroatoms. The van der Waals surface area contributed by atoms with E-state index >= 15 is 0 Å². The van der Waals surface area contributed by atoms with Crippen molar-refractivity contribution in [3.63, 3.8) is 0 Å². The van der Waals surface area contributed by atoms with Gasteiger partial charge in [-0.25, -0.2) is 0 Å². The fourth-order valence-electron chi connectivity index (χ4n) is 2.36. The first-order valence-corrected chi connectivity index (χ1v) is 6.93. The largest absolute Gasteiger partial charge is 0.310 e. The average Bonchev–Trinajstić information content (AvgIpc) is 2.78. The fraction of sp³-hybridized carbons (Fsp3) is 1.00. The average molecular weight is 226 g/mol. The molecule has 1 aliphatic rings. The van der Waals surface area contributed by atoms with Gasteiger partial charge < -0.3 is 5.32 Å². The van der Waals surface area contributed by atoms with Crippen molar-refractivity contribution < 1.29 is 0 Å². The van der Waals surface area contributed by atoms with Gasteiger partial charge in [0.1, 0.15) is 0 Å². The molecule has 0 heterocycles. The number of hydrogen-bond donors (Lipinski definition) is 1. The lowest BCUT2D eigenvalue weighted by Crippen LogP contribution is -2.48. The summed E-state index contributed by atoms with van der Waals surface area (Å²) in [6.45, 7) is 10.3. The first-order valence-electron chi connectivity index (χ1n) is 6.93. The zero-order valence-corrected chi connectivity index (χ0v) is 11.8. The van der Waals surface area contributed by atoms with Crippen molar-refractivity contribution in [2.75, 3.05) is 13.6 Å². The molecule has 1 N–H and O–H groups in total. The van der Waals surface area contributed by atoms with E-state index in [-0.39, 0.29) is 5.54 Å². The highest BCUT2D eigenvalue weighted by Crippen LogP contribution is 2.23. The quantitative estimate of drug-likeness (QED) is 0.749. The SMILES string of the molecule is CCC(C)(C)NCC(C)N(C)C1CCCC1. The maximum atomic E-state index is 3.67. The predicted octanol–water partition coefficient (Wildman–Crippen LogP) is 3.03. The van der Waals surface area contributed by atoms with Crippen molar-refractivity contribution in [2.24, 2.45) is 0 Å². The number of likely N-dealkylation sites (N-methyl/N-ethyl adjacent to an activating group) is 1. The Morgan fingerprint density at radius 1 is 1.31 bits per heavy atom. The number of hydrogen-bond acceptors (Lipinski definition) is 2. The maximum Gasteiger partial charge on any atom is 0.0192 e. The van der Waals surface area contributed by atoms with Gasteiger partial charge in [-0.05, 0) is 47.1 Å². The van der Waals surface area contributed by atoms with Gasteiger partial charge in [-0.1, -0.05) is 19.8 Å². The summed E-state index contributed by atoms with van der Waals surface area (Å²) in [6, 6.07) is 1.48. The van der Waals surface area contributed by atoms with Gasteiger partial charge in [0.2, 0.25) is 0 Å². The number of nitrogens with zero attached hydrogens (tertiary/aromatic N) is 1. The van der Waals surface area contributed by atoms with Crippen LogP contribution in [0, 0.1) is 0 Å². The minimum atomic E-state index is 0.283. The van der Waals surface area contributed by atoms with Crippen molar-refractivity contribution in [3.8, 4) is 0 Å². The molecule has 16 heavy (non-hydrogen) atoms. The molecule has 0 bridgehead atoms. The van der Waals surface area contributed by atoms with E-state index in [0.29, 0.717) is 6.04 Å². The van der Waals surface area contributed by atoms with Crippen molar-refractivity contribution in [3.05, 3.63) is 0 Å². The summed E-state index contributed by atoms with van der Waals surface area (Å²) in [5.74, 6) is 0. The smallest absolute Gasteiger partial charge is 0.0192 e. The van der Waals surface area contributed by atoms with Gasteiger partial charge in [0.15, 0.2) is 0 Å². The van der Waals surface area contributed by atoms with Crippen LogP contribution in [0.1, 0.15) is 59.8 Å². The molecule has 1 unspecified atom stereocenters. The van der Waals surface area contributed by atoms with E-state index < -0.39 is 0 Å². The van der Waals surface area contributed by atoms with Crippen LogP contribution < -0.4 is 5.32 Å². The van der Waals surface area contributed by atoms with Crippen LogP contribution in [-0.4, -0.2) is 36.1 Å². The minimum Gasteiger partial charge on any atom is -0.310 e.